The summed E-state index contributed by atoms with van der Waals surface area (Å²) in [4.78, 5) is 15.7. The number of para-hydroxylation sites is 2. The second-order valence-corrected chi connectivity index (χ2v) is 7.33. The average molecular weight is 377 g/mol. The van der Waals surface area contributed by atoms with Gasteiger partial charge in [-0.3, -0.25) is 4.90 Å². The number of hydrogen-bond acceptors (Lipinski definition) is 2. The van der Waals surface area contributed by atoms with Crippen LogP contribution in [0.25, 0.3) is 0 Å². The van der Waals surface area contributed by atoms with Crippen molar-refractivity contribution in [1.29, 1.82) is 0 Å². The number of carbonyl (C=O) groups is 1. The van der Waals surface area contributed by atoms with Crippen LogP contribution in [-0.4, -0.2) is 17.8 Å². The van der Waals surface area contributed by atoms with Gasteiger partial charge in [0.2, 0.25) is 0 Å². The van der Waals surface area contributed by atoms with E-state index < -0.39 is 0 Å². The molecule has 0 saturated heterocycles. The predicted molar refractivity (Wildman–Crippen MR) is 96.9 cm³/mol. The fourth-order valence-corrected chi connectivity index (χ4v) is 4.04. The highest BCUT2D eigenvalue weighted by molar-refractivity contribution is 9.10. The molecule has 2 amide bonds. The maximum atomic E-state index is 12.7. The summed E-state index contributed by atoms with van der Waals surface area (Å²) in [5, 5.41) is 3.43. The highest BCUT2D eigenvalue weighted by Crippen LogP contribution is 2.39. The van der Waals surface area contributed by atoms with E-state index in [1.54, 1.807) is 0 Å². The minimum absolute atomic E-state index is 0.0851. The number of benzene rings is 2. The van der Waals surface area contributed by atoms with Gasteiger partial charge in [-0.25, -0.2) is 4.79 Å². The third-order valence-corrected chi connectivity index (χ3v) is 5.76. The first-order valence-electron chi connectivity index (χ1n) is 7.27. The monoisotopic (exact) mass is 376 g/mol. The van der Waals surface area contributed by atoms with Crippen LogP contribution in [0, 0.1) is 0 Å². The molecule has 22 heavy (non-hydrogen) atoms. The van der Waals surface area contributed by atoms with Gasteiger partial charge in [0.25, 0.3) is 0 Å². The molecule has 5 heteroatoms. The molecule has 2 aromatic rings. The van der Waals surface area contributed by atoms with Gasteiger partial charge in [0.05, 0.1) is 11.4 Å². The smallest absolute Gasteiger partial charge is 0.306 e. The summed E-state index contributed by atoms with van der Waals surface area (Å²) in [5.41, 5.74) is 1.78. The van der Waals surface area contributed by atoms with Crippen molar-refractivity contribution in [2.45, 2.75) is 23.5 Å². The fourth-order valence-electron chi connectivity index (χ4n) is 2.45. The molecule has 0 saturated carbocycles. The van der Waals surface area contributed by atoms with E-state index in [1.165, 1.54) is 4.90 Å². The summed E-state index contributed by atoms with van der Waals surface area (Å²) < 4.78 is 0.884. The molecule has 0 fully saturated rings. The van der Waals surface area contributed by atoms with Crippen molar-refractivity contribution in [3.63, 3.8) is 0 Å². The van der Waals surface area contributed by atoms with Gasteiger partial charge in [-0.15, -0.1) is 11.8 Å². The lowest BCUT2D eigenvalue weighted by atomic mass is 10.2. The van der Waals surface area contributed by atoms with Crippen molar-refractivity contribution >= 4 is 45.1 Å². The van der Waals surface area contributed by atoms with Crippen LogP contribution < -0.4 is 10.2 Å². The molecule has 2 aromatic carbocycles. The standard InChI is InChI=1S/C17H17BrN2OS/c1-2-12-11-20(15-9-5-6-10-16(15)22-12)17(21)19-14-8-4-3-7-13(14)18/h3-10,12H,2,11H2,1H3,(H,19,21)/t12-/m0/s1. The van der Waals surface area contributed by atoms with Gasteiger partial charge in [-0.2, -0.15) is 0 Å². The van der Waals surface area contributed by atoms with Gasteiger partial charge in [-0.1, -0.05) is 31.2 Å². The molecule has 0 aromatic heterocycles. The number of anilines is 2. The normalized spacial score (nSPS) is 17.0. The van der Waals surface area contributed by atoms with Crippen LogP contribution in [0.15, 0.2) is 57.9 Å². The van der Waals surface area contributed by atoms with Crippen LogP contribution in [0.4, 0.5) is 16.2 Å². The topological polar surface area (TPSA) is 32.3 Å². The molecule has 3 rings (SSSR count). The Bertz CT molecular complexity index is 692. The third kappa shape index (κ3) is 3.15. The van der Waals surface area contributed by atoms with Crippen molar-refractivity contribution in [3.05, 3.63) is 53.0 Å². The summed E-state index contributed by atoms with van der Waals surface area (Å²) in [6.07, 6.45) is 1.04. The first kappa shape index (κ1) is 15.4. The van der Waals surface area contributed by atoms with Gasteiger partial charge in [0.15, 0.2) is 0 Å². The number of rotatable bonds is 2. The minimum Gasteiger partial charge on any atom is -0.306 e. The Morgan fingerprint density at radius 1 is 1.27 bits per heavy atom. The number of thioether (sulfide) groups is 1. The zero-order chi connectivity index (χ0) is 15.5. The van der Waals surface area contributed by atoms with Crippen molar-refractivity contribution in [2.24, 2.45) is 0 Å². The van der Waals surface area contributed by atoms with Gasteiger partial charge >= 0.3 is 6.03 Å². The Hall–Kier alpha value is -1.46. The largest absolute Gasteiger partial charge is 0.326 e. The average Bonchev–Trinajstić information content (AvgIpc) is 2.55. The van der Waals surface area contributed by atoms with Crippen molar-refractivity contribution in [2.75, 3.05) is 16.8 Å². The second kappa shape index (κ2) is 6.75. The van der Waals surface area contributed by atoms with Crippen molar-refractivity contribution in [1.82, 2.24) is 0 Å². The van der Waals surface area contributed by atoms with E-state index in [4.69, 9.17) is 0 Å². The number of hydrogen-bond donors (Lipinski definition) is 1. The van der Waals surface area contributed by atoms with E-state index in [9.17, 15) is 4.79 Å². The van der Waals surface area contributed by atoms with Crippen LogP contribution in [0.2, 0.25) is 0 Å². The number of urea groups is 1. The quantitative estimate of drug-likeness (QED) is 0.763. The molecule has 1 N–H and O–H groups in total. The minimum atomic E-state index is -0.0851. The lowest BCUT2D eigenvalue weighted by Crippen LogP contribution is -2.41. The number of carbonyl (C=O) groups excluding carboxylic acids is 1. The Morgan fingerprint density at radius 3 is 2.77 bits per heavy atom. The first-order valence-corrected chi connectivity index (χ1v) is 8.95. The SMILES string of the molecule is CC[C@H]1CN(C(=O)Nc2ccccc2Br)c2ccccc2S1. The van der Waals surface area contributed by atoms with Crippen LogP contribution in [0.3, 0.4) is 0 Å². The Labute approximate surface area is 143 Å². The predicted octanol–water partition coefficient (Wildman–Crippen LogP) is 5.37. The molecule has 1 aliphatic rings. The Kier molecular flexibility index (Phi) is 4.74. The van der Waals surface area contributed by atoms with Crippen LogP contribution in [-0.2, 0) is 0 Å². The number of fused-ring (bicyclic) bond motifs is 1. The lowest BCUT2D eigenvalue weighted by Gasteiger charge is -2.33. The Morgan fingerprint density at radius 2 is 2.00 bits per heavy atom. The molecular weight excluding hydrogens is 360 g/mol. The molecular formula is C17H17BrN2OS. The summed E-state index contributed by atoms with van der Waals surface area (Å²) in [7, 11) is 0. The van der Waals surface area contributed by atoms with E-state index >= 15 is 0 Å². The molecule has 1 heterocycles. The zero-order valence-corrected chi connectivity index (χ0v) is 14.7. The van der Waals surface area contributed by atoms with Crippen molar-refractivity contribution < 1.29 is 4.79 Å². The number of nitrogens with one attached hydrogen (secondary N) is 1. The van der Waals surface area contributed by atoms with Crippen LogP contribution >= 0.6 is 27.7 Å². The number of amides is 2. The maximum absolute atomic E-state index is 12.7. The molecule has 0 bridgehead atoms. The molecule has 1 aliphatic heterocycles. The highest BCUT2D eigenvalue weighted by Gasteiger charge is 2.28. The van der Waals surface area contributed by atoms with E-state index in [2.05, 4.69) is 34.2 Å². The fraction of sp³-hybridized carbons (Fsp3) is 0.235. The molecule has 114 valence electrons. The van der Waals surface area contributed by atoms with E-state index in [0.717, 1.165) is 28.8 Å². The van der Waals surface area contributed by atoms with E-state index in [1.807, 2.05) is 59.1 Å². The van der Waals surface area contributed by atoms with Gasteiger partial charge in [0.1, 0.15) is 0 Å². The van der Waals surface area contributed by atoms with Crippen LogP contribution in [0.1, 0.15) is 13.3 Å². The van der Waals surface area contributed by atoms with Crippen molar-refractivity contribution in [3.8, 4) is 0 Å². The summed E-state index contributed by atoms with van der Waals surface area (Å²) in [6, 6.07) is 15.7. The molecule has 0 aliphatic carbocycles. The van der Waals surface area contributed by atoms with Gasteiger partial charge < -0.3 is 5.32 Å². The number of halogens is 1. The van der Waals surface area contributed by atoms with E-state index in [-0.39, 0.29) is 6.03 Å². The Balaban J connectivity index is 1.87. The lowest BCUT2D eigenvalue weighted by molar-refractivity contribution is 0.256. The number of nitrogens with zero attached hydrogens (tertiary/aromatic N) is 1. The summed E-state index contributed by atoms with van der Waals surface area (Å²) in [6.45, 7) is 2.89. The van der Waals surface area contributed by atoms with Crippen LogP contribution in [0.5, 0.6) is 0 Å². The summed E-state index contributed by atoms with van der Waals surface area (Å²) >= 11 is 5.33. The second-order valence-electron chi connectivity index (χ2n) is 5.14. The highest BCUT2D eigenvalue weighted by atomic mass is 79.9. The zero-order valence-electron chi connectivity index (χ0n) is 12.3. The first-order chi connectivity index (χ1) is 10.7. The molecule has 0 unspecified atom stereocenters. The molecule has 0 radical (unpaired) electrons. The maximum Gasteiger partial charge on any atom is 0.326 e. The summed E-state index contributed by atoms with van der Waals surface area (Å²) in [5.74, 6) is 0. The molecule has 3 nitrogen and oxygen atoms in total. The van der Waals surface area contributed by atoms with E-state index in [0.29, 0.717) is 5.25 Å². The molecule has 0 spiro atoms. The van der Waals surface area contributed by atoms with Gasteiger partial charge in [0, 0.05) is 21.2 Å². The molecule has 1 atom stereocenters. The third-order valence-electron chi connectivity index (χ3n) is 3.65. The van der Waals surface area contributed by atoms with Gasteiger partial charge in [-0.05, 0) is 46.6 Å².